The summed E-state index contributed by atoms with van der Waals surface area (Å²) in [6.45, 7) is 12.7. The molecule has 0 aromatic heterocycles. The van der Waals surface area contributed by atoms with Gasteiger partial charge >= 0.3 is 18.1 Å². The maximum Gasteiger partial charge on any atom is 0.407 e. The number of hydrogen-bond acceptors (Lipinski definition) is 21. The quantitative estimate of drug-likeness (QED) is 0.0253. The van der Waals surface area contributed by atoms with E-state index < -0.39 is 168 Å². The van der Waals surface area contributed by atoms with E-state index in [2.05, 4.69) is 49.1 Å². The molecule has 0 spiro atoms. The average Bonchev–Trinajstić information content (AvgIpc) is 1.54. The van der Waals surface area contributed by atoms with Gasteiger partial charge in [0, 0.05) is 66.9 Å². The number of halogens is 2. The molecule has 0 bridgehead atoms. The molecule has 1 unspecified atom stereocenters. The summed E-state index contributed by atoms with van der Waals surface area (Å²) in [5, 5.41) is 41.9. The fourth-order valence-corrected chi connectivity index (χ4v) is 16.6. The fourth-order valence-electron chi connectivity index (χ4n) is 16.6. The number of alkyl halides is 2. The van der Waals surface area contributed by atoms with Crippen molar-refractivity contribution in [1.29, 1.82) is 0 Å². The Balaban J connectivity index is 0.639. The lowest BCUT2D eigenvalue weighted by atomic mass is 9.44. The van der Waals surface area contributed by atoms with E-state index in [9.17, 15) is 67.7 Å². The van der Waals surface area contributed by atoms with Gasteiger partial charge in [-0.1, -0.05) is 101 Å². The molecule has 10 amide bonds. The van der Waals surface area contributed by atoms with Gasteiger partial charge in [-0.3, -0.25) is 47.9 Å². The summed E-state index contributed by atoms with van der Waals surface area (Å²) in [6, 6.07) is 16.8. The predicted molar refractivity (Wildman–Crippen MR) is 420 cm³/mol. The first kappa shape index (κ1) is 91.0. The zero-order valence-corrected chi connectivity index (χ0v) is 66.8. The highest BCUT2D eigenvalue weighted by atomic mass is 19.1. The second-order valence-electron chi connectivity index (χ2n) is 30.8. The number of carboxylic acids is 1. The number of carbonyl (C=O) groups is 12. The maximum absolute atomic E-state index is 17.9. The van der Waals surface area contributed by atoms with E-state index >= 15 is 8.78 Å². The van der Waals surface area contributed by atoms with Gasteiger partial charge in [0.15, 0.2) is 29.1 Å². The lowest BCUT2D eigenvalue weighted by molar-refractivity contribution is -0.235. The van der Waals surface area contributed by atoms with Gasteiger partial charge < -0.3 is 101 Å². The zero-order valence-electron chi connectivity index (χ0n) is 66.8. The minimum absolute atomic E-state index is 0.0169. The van der Waals surface area contributed by atoms with Crippen molar-refractivity contribution in [2.24, 2.45) is 34.3 Å². The standard InChI is InChI=1S/C83H110F2N10O22/c1-7-13-73-116-67-43-58-59-42-61(84)60-41-56(96)27-29-80(60,5)82(59,85)65(97)44-81(58,6)83(67,117-73)66(98)48-114-49-90-70(101)45-89-79(109)115-47-52-19-21-55(22-20-52)91-75(105)62(17-12-30-88-78(86)108)93-77(107)74(50(2)3)94-76(106)63(23-26-72(103)104)92-69(100)28-32-110-34-36-112-38-39-113-37-35-111-33-31-87-68(99)24-25-71(102)95-46-54-15-8-10-16-57(54)51(4)40-53-14-9-11-18-64(53)95/h8-11,14-16,18-22,27,29,41,50,58-59,61-63,65,67,73-74,97H,4,7,12-13,17,23-26,28,30-40,42-49H2,1-3,5-6H3,(H,87,99)(H,89,109)(H,90,101)(H,91,105)(H,92,100)(H,93,107)(H,94,106)(H,103,104)(H3,86,88,108)/t58-,59-,61-,62-,63+,65-,67+,73?,74-,80-,81-,82-,83+/m0/s1. The summed E-state index contributed by atoms with van der Waals surface area (Å²) in [7, 11) is 0. The van der Waals surface area contributed by atoms with Gasteiger partial charge in [0.25, 0.3) is 0 Å². The van der Waals surface area contributed by atoms with Crippen LogP contribution in [0.2, 0.25) is 0 Å². The predicted octanol–water partition coefficient (Wildman–Crippen LogP) is 5.30. The number of alkyl carbamates (subject to hydrolysis) is 1. The van der Waals surface area contributed by atoms with E-state index in [-0.39, 0.29) is 153 Å². The number of carboxylic acid groups (broad SMARTS) is 1. The number of urea groups is 1. The number of para-hydroxylation sites is 1. The van der Waals surface area contributed by atoms with E-state index in [4.69, 9.17) is 43.6 Å². The molecule has 13 atom stereocenters. The summed E-state index contributed by atoms with van der Waals surface area (Å²) in [6.07, 6.45) is -2.16. The van der Waals surface area contributed by atoms with Gasteiger partial charge in [-0.05, 0) is 134 Å². The SMILES string of the molecule is C=C1Cc2ccccc2N(C(=O)CCC(=O)NCCOCCOCCOCCOCCC(=O)N[C@H](CCC(=O)O)C(=O)N[C@H](C(=O)N[C@@H](CCCNC(N)=O)C(=O)Nc2ccc(COC(=O)NCC(=O)NCOCC(=O)[C@@]34OC(CCC)O[C@@H]3C[C@H]3[C@@H]5C[C@H](F)C6=CC(=O)C=C[C@]6(C)[C@@]5(F)[C@@H](O)C[C@@]34C)cc2)C(C)C)Cc2ccccc21. The third-order valence-electron chi connectivity index (χ3n) is 22.5. The van der Waals surface area contributed by atoms with Crippen molar-refractivity contribution in [2.45, 2.75) is 185 Å². The van der Waals surface area contributed by atoms with E-state index in [1.54, 1.807) is 25.7 Å². The average molecular weight is 1640 g/mol. The topological polar surface area (TPSA) is 445 Å². The van der Waals surface area contributed by atoms with Crippen LogP contribution >= 0.6 is 0 Å². The van der Waals surface area contributed by atoms with Crippen molar-refractivity contribution in [3.05, 3.63) is 125 Å². The molecule has 2 aliphatic heterocycles. The first-order valence-electron chi connectivity index (χ1n) is 39.8. The monoisotopic (exact) mass is 1640 g/mol. The summed E-state index contributed by atoms with van der Waals surface area (Å²) in [5.74, 6) is -8.89. The molecular weight excluding hydrogens is 1530 g/mol. The number of fused-ring (bicyclic) bond motifs is 9. The number of primary amides is 1. The number of benzene rings is 3. The van der Waals surface area contributed by atoms with E-state index in [1.807, 2.05) is 55.5 Å². The van der Waals surface area contributed by atoms with Crippen LogP contribution in [-0.2, 0) is 105 Å². The largest absolute Gasteiger partial charge is 0.481 e. The number of rotatable bonds is 44. The molecule has 1 saturated heterocycles. The number of amides is 10. The van der Waals surface area contributed by atoms with Crippen LogP contribution in [0, 0.1) is 28.6 Å². The number of ketones is 2. The molecule has 32 nitrogen and oxygen atoms in total. The number of hydrogen-bond donors (Lipinski definition) is 11. The molecule has 12 N–H and O–H groups in total. The molecule has 0 radical (unpaired) electrons. The number of aliphatic carboxylic acids is 1. The molecule has 638 valence electrons. The Labute approximate surface area is 677 Å². The Hall–Kier alpha value is -9.94. The number of nitrogens with one attached hydrogen (secondary N) is 8. The van der Waals surface area contributed by atoms with Crippen molar-refractivity contribution in [2.75, 3.05) is 96.0 Å². The second-order valence-corrected chi connectivity index (χ2v) is 30.8. The summed E-state index contributed by atoms with van der Waals surface area (Å²) >= 11 is 0. The molecule has 9 rings (SSSR count). The zero-order chi connectivity index (χ0) is 84.6. The highest BCUT2D eigenvalue weighted by Gasteiger charge is 2.80. The molecule has 2 heterocycles. The van der Waals surface area contributed by atoms with Crippen LogP contribution in [0.3, 0.4) is 0 Å². The third-order valence-corrected chi connectivity index (χ3v) is 22.5. The number of carbonyl (C=O) groups excluding carboxylic acids is 11. The van der Waals surface area contributed by atoms with Crippen molar-refractivity contribution in [1.82, 2.24) is 37.2 Å². The van der Waals surface area contributed by atoms with E-state index in [0.29, 0.717) is 31.4 Å². The van der Waals surface area contributed by atoms with Crippen LogP contribution in [0.25, 0.3) is 5.57 Å². The van der Waals surface area contributed by atoms with Crippen LogP contribution in [0.4, 0.5) is 29.7 Å². The number of anilines is 2. The summed E-state index contributed by atoms with van der Waals surface area (Å²) in [4.78, 5) is 159. The number of aliphatic hydroxyl groups is 1. The second kappa shape index (κ2) is 42.5. The number of allylic oxidation sites excluding steroid dienone is 5. The highest BCUT2D eigenvalue weighted by molar-refractivity contribution is 6.02. The number of nitrogens with two attached hydrogens (primary N) is 1. The van der Waals surface area contributed by atoms with Crippen molar-refractivity contribution in [3.63, 3.8) is 0 Å². The Morgan fingerprint density at radius 2 is 1.39 bits per heavy atom. The van der Waals surface area contributed by atoms with Crippen molar-refractivity contribution >= 4 is 88.0 Å². The van der Waals surface area contributed by atoms with Gasteiger partial charge in [0.1, 0.15) is 50.8 Å². The summed E-state index contributed by atoms with van der Waals surface area (Å²) < 4.78 is 80.1. The van der Waals surface area contributed by atoms with Crippen molar-refractivity contribution < 1.29 is 114 Å². The lowest BCUT2D eigenvalue weighted by Crippen LogP contribution is -2.71. The van der Waals surface area contributed by atoms with Gasteiger partial charge in [0.05, 0.1) is 71.6 Å². The first-order chi connectivity index (χ1) is 55.9. The van der Waals surface area contributed by atoms with Gasteiger partial charge in [-0.2, -0.15) is 0 Å². The van der Waals surface area contributed by atoms with Gasteiger partial charge in [0.2, 0.25) is 41.4 Å². The molecule has 6 aliphatic rings. The first-order valence-corrected chi connectivity index (χ1v) is 39.8. The van der Waals surface area contributed by atoms with Crippen LogP contribution in [0.1, 0.15) is 134 Å². The Morgan fingerprint density at radius 3 is 2.09 bits per heavy atom. The Morgan fingerprint density at radius 1 is 0.718 bits per heavy atom. The normalized spacial score (nSPS) is 24.2. The molecule has 4 fully saturated rings. The molecule has 3 saturated carbocycles. The third kappa shape index (κ3) is 23.1. The van der Waals surface area contributed by atoms with Gasteiger partial charge in [-0.25, -0.2) is 18.4 Å². The molecule has 4 aliphatic carbocycles. The number of aliphatic hydroxyl groups excluding tert-OH is 1. The number of ether oxygens (including phenoxy) is 8. The summed E-state index contributed by atoms with van der Waals surface area (Å²) in [5.41, 5.74) is 3.67. The smallest absolute Gasteiger partial charge is 0.407 e. The van der Waals surface area contributed by atoms with Crippen LogP contribution in [0.15, 0.2) is 103 Å². The Kier molecular flexibility index (Phi) is 33.0. The number of nitrogens with zero attached hydrogens (tertiary/aromatic N) is 1. The van der Waals surface area contributed by atoms with Crippen molar-refractivity contribution in [3.8, 4) is 0 Å². The minimum Gasteiger partial charge on any atom is -0.481 e. The highest BCUT2D eigenvalue weighted by Crippen LogP contribution is 2.72. The molecule has 34 heteroatoms. The van der Waals surface area contributed by atoms with Crippen LogP contribution < -0.4 is 53.2 Å². The molecule has 117 heavy (non-hydrogen) atoms. The van der Waals surface area contributed by atoms with Gasteiger partial charge in [-0.15, -0.1) is 0 Å². The Bertz CT molecular complexity index is 4130. The fraction of sp³-hybridized carbons (Fsp3) is 0.566. The molecule has 3 aromatic carbocycles. The van der Waals surface area contributed by atoms with Crippen LogP contribution in [0.5, 0.6) is 0 Å². The van der Waals surface area contributed by atoms with E-state index in [1.165, 1.54) is 43.3 Å². The van der Waals surface area contributed by atoms with Crippen LogP contribution in [-0.4, -0.2) is 221 Å². The lowest BCUT2D eigenvalue weighted by Gasteiger charge is -2.63. The molecular formula is C83H110F2N10O22. The minimum atomic E-state index is -2.39. The van der Waals surface area contributed by atoms with E-state index in [0.717, 1.165) is 34.0 Å². The number of Topliss-reactive ketones (excluding diaryl/α,β-unsaturated/α-hetero) is 1. The molecule has 3 aromatic rings. The maximum atomic E-state index is 17.9.